The highest BCUT2D eigenvalue weighted by Crippen LogP contribution is 2.37. The Labute approximate surface area is 133 Å². The predicted octanol–water partition coefficient (Wildman–Crippen LogP) is 6.79. The molecule has 0 heteroatoms. The highest BCUT2D eigenvalue weighted by molar-refractivity contribution is 6.09. The molecule has 0 saturated heterocycles. The molecule has 3 aromatic carbocycles. The van der Waals surface area contributed by atoms with Crippen molar-refractivity contribution in [2.45, 2.75) is 33.6 Å². The quantitative estimate of drug-likeness (QED) is 0.466. The fourth-order valence-corrected chi connectivity index (χ4v) is 3.29. The molecule has 0 atom stereocenters. The van der Waals surface area contributed by atoms with Crippen LogP contribution in [0.15, 0.2) is 54.6 Å². The first-order valence-electron chi connectivity index (χ1n) is 8.21. The van der Waals surface area contributed by atoms with Crippen molar-refractivity contribution in [2.24, 2.45) is 5.92 Å². The van der Waals surface area contributed by atoms with E-state index in [-0.39, 0.29) is 0 Å². The summed E-state index contributed by atoms with van der Waals surface area (Å²) >= 11 is 0. The fraction of sp³-hybridized carbons (Fsp3) is 0.273. The van der Waals surface area contributed by atoms with Crippen molar-refractivity contribution in [3.05, 3.63) is 65.7 Å². The van der Waals surface area contributed by atoms with Crippen molar-refractivity contribution in [1.29, 1.82) is 0 Å². The van der Waals surface area contributed by atoms with Gasteiger partial charge in [0.25, 0.3) is 0 Å². The SMILES string of the molecule is CC(C)/C=C/c1c2ccccc2c(C(C)C)c2ccccc12. The number of allylic oxidation sites excluding steroid dienone is 1. The molecule has 0 spiro atoms. The van der Waals surface area contributed by atoms with Gasteiger partial charge in [-0.1, -0.05) is 88.4 Å². The molecule has 3 aromatic rings. The minimum Gasteiger partial charge on any atom is -0.0813 e. The second-order valence-electron chi connectivity index (χ2n) is 6.68. The van der Waals surface area contributed by atoms with E-state index in [1.54, 1.807) is 0 Å². The molecule has 0 bridgehead atoms. The normalized spacial score (nSPS) is 12.3. The number of rotatable bonds is 3. The smallest absolute Gasteiger partial charge is 0.0102 e. The molecule has 112 valence electrons. The molecular weight excluding hydrogens is 264 g/mol. The first-order valence-corrected chi connectivity index (χ1v) is 8.21. The van der Waals surface area contributed by atoms with Crippen molar-refractivity contribution >= 4 is 27.6 Å². The Kier molecular flexibility index (Phi) is 4.02. The number of hydrogen-bond acceptors (Lipinski definition) is 0. The molecule has 3 rings (SSSR count). The maximum Gasteiger partial charge on any atom is -0.0102 e. The third-order valence-corrected chi connectivity index (χ3v) is 4.24. The van der Waals surface area contributed by atoms with Crippen LogP contribution in [0.1, 0.15) is 44.7 Å². The molecule has 0 aromatic heterocycles. The largest absolute Gasteiger partial charge is 0.0813 e. The third-order valence-electron chi connectivity index (χ3n) is 4.24. The molecule has 0 amide bonds. The van der Waals surface area contributed by atoms with Crippen molar-refractivity contribution in [3.8, 4) is 0 Å². The van der Waals surface area contributed by atoms with Crippen LogP contribution in [0.5, 0.6) is 0 Å². The highest BCUT2D eigenvalue weighted by atomic mass is 14.2. The number of fused-ring (bicyclic) bond motifs is 2. The summed E-state index contributed by atoms with van der Waals surface area (Å²) in [5.74, 6) is 1.07. The first-order chi connectivity index (χ1) is 10.6. The Morgan fingerprint density at radius 3 is 1.55 bits per heavy atom. The molecule has 0 aliphatic heterocycles. The zero-order chi connectivity index (χ0) is 15.7. The van der Waals surface area contributed by atoms with Crippen LogP contribution in [-0.2, 0) is 0 Å². The summed E-state index contributed by atoms with van der Waals surface area (Å²) in [6, 6.07) is 17.6. The molecule has 0 aliphatic rings. The highest BCUT2D eigenvalue weighted by Gasteiger charge is 2.14. The second kappa shape index (κ2) is 5.96. The topological polar surface area (TPSA) is 0 Å². The molecule has 0 unspecified atom stereocenters. The summed E-state index contributed by atoms with van der Waals surface area (Å²) in [5.41, 5.74) is 2.82. The Bertz CT molecular complexity index is 778. The van der Waals surface area contributed by atoms with E-state index in [4.69, 9.17) is 0 Å². The summed E-state index contributed by atoms with van der Waals surface area (Å²) in [6.07, 6.45) is 4.60. The first kappa shape index (κ1) is 14.8. The van der Waals surface area contributed by atoms with Crippen molar-refractivity contribution in [3.63, 3.8) is 0 Å². The van der Waals surface area contributed by atoms with Crippen molar-refractivity contribution in [2.75, 3.05) is 0 Å². The van der Waals surface area contributed by atoms with Gasteiger partial charge < -0.3 is 0 Å². The van der Waals surface area contributed by atoms with E-state index in [9.17, 15) is 0 Å². The lowest BCUT2D eigenvalue weighted by molar-refractivity contribution is 0.836. The van der Waals surface area contributed by atoms with Gasteiger partial charge in [-0.15, -0.1) is 0 Å². The lowest BCUT2D eigenvalue weighted by atomic mass is 9.86. The monoisotopic (exact) mass is 288 g/mol. The minimum atomic E-state index is 0.512. The van der Waals surface area contributed by atoms with Gasteiger partial charge in [-0.05, 0) is 44.5 Å². The molecule has 0 radical (unpaired) electrons. The lowest BCUT2D eigenvalue weighted by Crippen LogP contribution is -1.95. The average Bonchev–Trinajstić information content (AvgIpc) is 2.50. The molecule has 0 saturated carbocycles. The minimum absolute atomic E-state index is 0.512. The van der Waals surface area contributed by atoms with E-state index in [1.807, 2.05) is 0 Å². The van der Waals surface area contributed by atoms with Crippen molar-refractivity contribution < 1.29 is 0 Å². The number of benzene rings is 3. The summed E-state index contributed by atoms with van der Waals surface area (Å²) in [5, 5.41) is 5.50. The van der Waals surface area contributed by atoms with Gasteiger partial charge in [0, 0.05) is 0 Å². The van der Waals surface area contributed by atoms with Crippen LogP contribution >= 0.6 is 0 Å². The molecule has 22 heavy (non-hydrogen) atoms. The van der Waals surface area contributed by atoms with E-state index in [0.717, 1.165) is 0 Å². The molecule has 0 fully saturated rings. The van der Waals surface area contributed by atoms with Crippen LogP contribution in [0.3, 0.4) is 0 Å². The standard InChI is InChI=1S/C22H24/c1-15(2)13-14-19-17-9-5-7-11-20(17)22(16(3)4)21-12-8-6-10-18(19)21/h5-16H,1-4H3/b14-13+. The van der Waals surface area contributed by atoms with Gasteiger partial charge in [0.1, 0.15) is 0 Å². The fourth-order valence-electron chi connectivity index (χ4n) is 3.29. The van der Waals surface area contributed by atoms with Crippen LogP contribution in [0.2, 0.25) is 0 Å². The molecule has 0 heterocycles. The zero-order valence-electron chi connectivity index (χ0n) is 13.9. The number of hydrogen-bond donors (Lipinski definition) is 0. The van der Waals surface area contributed by atoms with Gasteiger partial charge >= 0.3 is 0 Å². The van der Waals surface area contributed by atoms with Crippen LogP contribution in [-0.4, -0.2) is 0 Å². The van der Waals surface area contributed by atoms with Crippen LogP contribution in [0, 0.1) is 5.92 Å². The summed E-state index contributed by atoms with van der Waals surface area (Å²) in [6.45, 7) is 9.03. The molecule has 0 aliphatic carbocycles. The molecular formula is C22H24. The Hall–Kier alpha value is -2.08. The van der Waals surface area contributed by atoms with E-state index >= 15 is 0 Å². The van der Waals surface area contributed by atoms with E-state index in [2.05, 4.69) is 88.4 Å². The van der Waals surface area contributed by atoms with E-state index < -0.39 is 0 Å². The Balaban J connectivity index is 2.49. The van der Waals surface area contributed by atoms with Crippen LogP contribution < -0.4 is 0 Å². The van der Waals surface area contributed by atoms with Gasteiger partial charge in [-0.25, -0.2) is 0 Å². The third kappa shape index (κ3) is 2.54. The van der Waals surface area contributed by atoms with Crippen LogP contribution in [0.4, 0.5) is 0 Å². The van der Waals surface area contributed by atoms with E-state index in [0.29, 0.717) is 11.8 Å². The van der Waals surface area contributed by atoms with Gasteiger partial charge in [0.2, 0.25) is 0 Å². The Morgan fingerprint density at radius 2 is 1.14 bits per heavy atom. The summed E-state index contributed by atoms with van der Waals surface area (Å²) in [7, 11) is 0. The Morgan fingerprint density at radius 1 is 0.682 bits per heavy atom. The van der Waals surface area contributed by atoms with E-state index in [1.165, 1.54) is 32.7 Å². The average molecular weight is 288 g/mol. The molecule has 0 N–H and O–H groups in total. The maximum absolute atomic E-state index is 2.30. The van der Waals surface area contributed by atoms with Gasteiger partial charge in [0.05, 0.1) is 0 Å². The van der Waals surface area contributed by atoms with Crippen LogP contribution in [0.25, 0.3) is 27.6 Å². The predicted molar refractivity (Wildman–Crippen MR) is 99.4 cm³/mol. The summed E-state index contributed by atoms with van der Waals surface area (Å²) in [4.78, 5) is 0. The maximum atomic E-state index is 2.30. The molecule has 0 nitrogen and oxygen atoms in total. The lowest BCUT2D eigenvalue weighted by Gasteiger charge is -2.17. The zero-order valence-corrected chi connectivity index (χ0v) is 13.9. The van der Waals surface area contributed by atoms with Gasteiger partial charge in [-0.2, -0.15) is 0 Å². The van der Waals surface area contributed by atoms with Gasteiger partial charge in [0.15, 0.2) is 0 Å². The second-order valence-corrected chi connectivity index (χ2v) is 6.68. The van der Waals surface area contributed by atoms with Crippen molar-refractivity contribution in [1.82, 2.24) is 0 Å². The summed E-state index contributed by atoms with van der Waals surface area (Å²) < 4.78 is 0. The van der Waals surface area contributed by atoms with Gasteiger partial charge in [-0.3, -0.25) is 0 Å².